The molecule has 2 aliphatic heterocycles. The van der Waals surface area contributed by atoms with Crippen molar-refractivity contribution < 1.29 is 0 Å². The Morgan fingerprint density at radius 1 is 0.407 bits per heavy atom. The van der Waals surface area contributed by atoms with Crippen molar-refractivity contribution in [3.05, 3.63) is 358 Å². The Hall–Kier alpha value is -10.5. The molecule has 91 heavy (non-hydrogen) atoms. The van der Waals surface area contributed by atoms with Crippen LogP contribution in [0.5, 0.6) is 0 Å². The molecular formula is C84H52N4S3. The third kappa shape index (κ3) is 7.36. The predicted molar refractivity (Wildman–Crippen MR) is 380 cm³/mol. The topological polar surface area (TPSA) is 24.3 Å². The molecule has 6 heterocycles. The van der Waals surface area contributed by atoms with Crippen LogP contribution in [0, 0.1) is 11.8 Å². The second-order valence-corrected chi connectivity index (χ2v) is 27.4. The summed E-state index contributed by atoms with van der Waals surface area (Å²) in [4.78, 5) is 15.3. The quantitative estimate of drug-likeness (QED) is 0.159. The van der Waals surface area contributed by atoms with Gasteiger partial charge in [-0.05, 0) is 186 Å². The lowest BCUT2D eigenvalue weighted by molar-refractivity contribution is 0.569. The molecule has 1 spiro atoms. The molecule has 0 radical (unpaired) electrons. The van der Waals surface area contributed by atoms with E-state index < -0.39 is 5.41 Å². The van der Waals surface area contributed by atoms with Crippen LogP contribution in [0.4, 0.5) is 34.1 Å². The van der Waals surface area contributed by atoms with E-state index in [-0.39, 0.29) is 11.8 Å². The molecule has 4 aromatic heterocycles. The van der Waals surface area contributed by atoms with E-state index in [0.717, 1.165) is 45.0 Å². The third-order valence-electron chi connectivity index (χ3n) is 20.0. The molecule has 2 atom stereocenters. The SMILES string of the molecule is C1=CC2=C(c3ccc(-c4ccccc4)cc3)C=CC3=CC=C4C(c5cccc(N6c7cc(-c8ccccn8)ccc7C7(c8ccsc8-c8sccc87)c7ccc8c(c76)c6ccccc6n8-c6cccc(N7c8ccccc8Sc8ccccc87)c6)c5)=CC=C1C4C32. The summed E-state index contributed by atoms with van der Waals surface area (Å²) >= 11 is 5.58. The van der Waals surface area contributed by atoms with Crippen LogP contribution in [-0.2, 0) is 5.41 Å². The lowest BCUT2D eigenvalue weighted by Crippen LogP contribution is -2.36. The van der Waals surface area contributed by atoms with E-state index in [2.05, 4.69) is 304 Å². The highest BCUT2D eigenvalue weighted by atomic mass is 32.2. The molecular weight excluding hydrogens is 1160 g/mol. The van der Waals surface area contributed by atoms with Crippen molar-refractivity contribution in [2.45, 2.75) is 15.2 Å². The molecule has 13 aromatic rings. The summed E-state index contributed by atoms with van der Waals surface area (Å²) in [6, 6.07) is 88.4. The minimum atomic E-state index is -0.614. The molecule has 0 saturated heterocycles. The average molecular weight is 1210 g/mol. The van der Waals surface area contributed by atoms with Crippen LogP contribution >= 0.6 is 34.4 Å². The number of hydrogen-bond acceptors (Lipinski definition) is 6. The Morgan fingerprint density at radius 2 is 1.05 bits per heavy atom. The minimum absolute atomic E-state index is 0.175. The number of para-hydroxylation sites is 3. The molecule has 0 bridgehead atoms. The lowest BCUT2D eigenvalue weighted by Gasteiger charge is -2.45. The largest absolute Gasteiger partial charge is 0.309 e. The number of aromatic nitrogens is 2. The van der Waals surface area contributed by atoms with Crippen molar-refractivity contribution in [1.82, 2.24) is 9.55 Å². The Bertz CT molecular complexity index is 5440. The van der Waals surface area contributed by atoms with Crippen LogP contribution < -0.4 is 9.80 Å². The van der Waals surface area contributed by atoms with Gasteiger partial charge >= 0.3 is 0 Å². The smallest absolute Gasteiger partial charge is 0.0771 e. The van der Waals surface area contributed by atoms with Crippen LogP contribution in [-0.4, -0.2) is 9.55 Å². The van der Waals surface area contributed by atoms with Gasteiger partial charge < -0.3 is 14.4 Å². The highest BCUT2D eigenvalue weighted by molar-refractivity contribution is 7.99. The second-order valence-electron chi connectivity index (χ2n) is 24.5. The molecule has 20 rings (SSSR count). The number of thiophene rings is 2. The van der Waals surface area contributed by atoms with Crippen LogP contribution in [0.1, 0.15) is 33.4 Å². The molecule has 7 heteroatoms. The number of fused-ring (bicyclic) bond motifs is 15. The summed E-state index contributed by atoms with van der Waals surface area (Å²) in [5.41, 5.74) is 29.9. The Morgan fingerprint density at radius 3 is 1.86 bits per heavy atom. The van der Waals surface area contributed by atoms with E-state index in [1.165, 1.54) is 125 Å². The van der Waals surface area contributed by atoms with Crippen molar-refractivity contribution in [2.75, 3.05) is 9.80 Å². The van der Waals surface area contributed by atoms with Crippen LogP contribution in [0.25, 0.3) is 70.8 Å². The first-order chi connectivity index (χ1) is 45.1. The Balaban J connectivity index is 0.796. The third-order valence-corrected chi connectivity index (χ3v) is 23.1. The van der Waals surface area contributed by atoms with Gasteiger partial charge in [0.05, 0.1) is 44.9 Å². The number of benzene rings is 9. The monoisotopic (exact) mass is 1210 g/mol. The zero-order valence-electron chi connectivity index (χ0n) is 49.0. The molecule has 4 nitrogen and oxygen atoms in total. The van der Waals surface area contributed by atoms with E-state index in [0.29, 0.717) is 0 Å². The first-order valence-electron chi connectivity index (χ1n) is 31.2. The molecule has 5 aliphatic carbocycles. The summed E-state index contributed by atoms with van der Waals surface area (Å²) < 4.78 is 2.52. The standard InChI is InChI=1S/C84H52N4S3/c1-2-14-51(15-3-1)52-27-29-53(30-28-52)61-36-31-54-34-39-64-62(37-32-55-33-38-63(61)78(54)79(55)64)56-16-12-17-58(48-56)88-75-49-57(70-21-10-11-45-85-70)35-40-66(75)84(68-43-46-89-82(68)83-69(84)44-47-90-83)67-41-42-74-80(81(67)88)65-20-4-5-22-71(65)86(74)59-18-13-19-60(50-59)87-72-23-6-8-25-76(72)91-77-26-9-7-24-73(77)87/h1-50,78-79H. The van der Waals surface area contributed by atoms with E-state index in [1.54, 1.807) is 0 Å². The average Bonchev–Trinajstić information content (AvgIpc) is 1.58. The summed E-state index contributed by atoms with van der Waals surface area (Å²) in [5.74, 6) is 0.375. The minimum Gasteiger partial charge on any atom is -0.309 e. The number of hydrogen-bond donors (Lipinski definition) is 0. The van der Waals surface area contributed by atoms with Gasteiger partial charge in [-0.1, -0.05) is 200 Å². The first-order valence-corrected chi connectivity index (χ1v) is 33.8. The van der Waals surface area contributed by atoms with Crippen molar-refractivity contribution in [2.24, 2.45) is 11.8 Å². The maximum Gasteiger partial charge on any atom is 0.0771 e. The van der Waals surface area contributed by atoms with Gasteiger partial charge in [0, 0.05) is 71.0 Å². The van der Waals surface area contributed by atoms with E-state index in [4.69, 9.17) is 4.98 Å². The van der Waals surface area contributed by atoms with Gasteiger partial charge in [-0.25, -0.2) is 0 Å². The van der Waals surface area contributed by atoms with Crippen LogP contribution in [0.3, 0.4) is 0 Å². The van der Waals surface area contributed by atoms with Gasteiger partial charge in [0.15, 0.2) is 0 Å². The fourth-order valence-electron chi connectivity index (χ4n) is 16.2. The Kier molecular flexibility index (Phi) is 11.1. The molecule has 7 aliphatic rings. The fraction of sp³-hybridized carbons (Fsp3) is 0.0357. The van der Waals surface area contributed by atoms with Crippen molar-refractivity contribution >= 4 is 102 Å². The van der Waals surface area contributed by atoms with Crippen LogP contribution in [0.2, 0.25) is 0 Å². The predicted octanol–water partition coefficient (Wildman–Crippen LogP) is 22.7. The number of anilines is 6. The van der Waals surface area contributed by atoms with Gasteiger partial charge in [-0.15, -0.1) is 22.7 Å². The number of allylic oxidation sites excluding steroid dienone is 14. The Labute approximate surface area is 539 Å². The number of rotatable bonds is 7. The van der Waals surface area contributed by atoms with E-state index in [1.807, 2.05) is 46.7 Å². The van der Waals surface area contributed by atoms with Crippen molar-refractivity contribution in [3.63, 3.8) is 0 Å². The molecule has 0 amide bonds. The fourth-order valence-corrected chi connectivity index (χ4v) is 19.4. The highest BCUT2D eigenvalue weighted by Gasteiger charge is 2.54. The van der Waals surface area contributed by atoms with Crippen LogP contribution in [0.15, 0.2) is 334 Å². The molecule has 2 unspecified atom stereocenters. The molecule has 9 aromatic carbocycles. The zero-order valence-corrected chi connectivity index (χ0v) is 51.5. The molecule has 426 valence electrons. The summed E-state index contributed by atoms with van der Waals surface area (Å²) in [6.07, 6.45) is 21.0. The van der Waals surface area contributed by atoms with E-state index in [9.17, 15) is 0 Å². The maximum atomic E-state index is 5.01. The van der Waals surface area contributed by atoms with Gasteiger partial charge in [0.1, 0.15) is 0 Å². The van der Waals surface area contributed by atoms with Crippen molar-refractivity contribution in [3.8, 4) is 37.8 Å². The first kappa shape index (κ1) is 51.4. The van der Waals surface area contributed by atoms with Gasteiger partial charge in [-0.3, -0.25) is 4.98 Å². The summed E-state index contributed by atoms with van der Waals surface area (Å²) in [5, 5.41) is 7.03. The summed E-state index contributed by atoms with van der Waals surface area (Å²) in [7, 11) is 0. The molecule has 0 saturated carbocycles. The zero-order chi connectivity index (χ0) is 59.5. The normalized spacial score (nSPS) is 17.4. The van der Waals surface area contributed by atoms with E-state index >= 15 is 0 Å². The van der Waals surface area contributed by atoms with Crippen molar-refractivity contribution in [1.29, 1.82) is 0 Å². The highest BCUT2D eigenvalue weighted by Crippen LogP contribution is 2.67. The number of pyridine rings is 1. The number of nitrogens with zero attached hydrogens (tertiary/aromatic N) is 4. The molecule has 0 fully saturated rings. The van der Waals surface area contributed by atoms with Gasteiger partial charge in [-0.2, -0.15) is 0 Å². The van der Waals surface area contributed by atoms with Gasteiger partial charge in [0.25, 0.3) is 0 Å². The summed E-state index contributed by atoms with van der Waals surface area (Å²) in [6.45, 7) is 0. The second kappa shape index (κ2) is 19.7. The lowest BCUT2D eigenvalue weighted by atomic mass is 9.61. The molecule has 0 N–H and O–H groups in total. The maximum absolute atomic E-state index is 5.01. The van der Waals surface area contributed by atoms with Gasteiger partial charge in [0.2, 0.25) is 0 Å².